The topological polar surface area (TPSA) is 214 Å². The van der Waals surface area contributed by atoms with Crippen molar-refractivity contribution < 1.29 is 62.7 Å². The molecule has 2 aliphatic heterocycles. The number of carboxylic acids is 2. The summed E-state index contributed by atoms with van der Waals surface area (Å²) in [6.07, 6.45) is -9.49. The molecule has 0 aromatic carbocycles. The minimum Gasteiger partial charge on any atom is -0.479 e. The molecule has 0 aliphatic carbocycles. The zero-order valence-corrected chi connectivity index (χ0v) is 35.7. The van der Waals surface area contributed by atoms with Gasteiger partial charge in [0.25, 0.3) is 0 Å². The fourth-order valence-corrected chi connectivity index (χ4v) is 11.0. The van der Waals surface area contributed by atoms with Crippen LogP contribution in [0.2, 0.25) is 0 Å². The van der Waals surface area contributed by atoms with E-state index in [1.54, 1.807) is 13.8 Å². The van der Waals surface area contributed by atoms with Crippen LogP contribution in [0, 0.1) is 58.2 Å². The summed E-state index contributed by atoms with van der Waals surface area (Å²) in [5.41, 5.74) is -4.12. The molecule has 320 valence electrons. The molecule has 12 nitrogen and oxygen atoms in total. The van der Waals surface area contributed by atoms with Crippen LogP contribution in [0.5, 0.6) is 0 Å². The maximum Gasteiger partial charge on any atom is 0.336 e. The molecule has 0 saturated carbocycles. The highest BCUT2D eigenvalue weighted by atomic mass is 16.6. The predicted octanol–water partition coefficient (Wildman–Crippen LogP) is 5.36. The number of aliphatic hydroxyl groups excluding tert-OH is 6. The fourth-order valence-electron chi connectivity index (χ4n) is 11.0. The lowest BCUT2D eigenvalue weighted by Crippen LogP contribution is -2.61. The number of hydrogen-bond donors (Lipinski definition) is 8. The van der Waals surface area contributed by atoms with E-state index in [2.05, 4.69) is 55.4 Å². The van der Waals surface area contributed by atoms with Crippen LogP contribution in [0.4, 0.5) is 0 Å². The Kier molecular flexibility index (Phi) is 16.9. The minimum absolute atomic E-state index is 0.0734. The second-order valence-electron chi connectivity index (χ2n) is 19.5. The van der Waals surface area contributed by atoms with Crippen LogP contribution in [0.3, 0.4) is 0 Å². The van der Waals surface area contributed by atoms with Crippen molar-refractivity contribution in [3.63, 3.8) is 0 Å². The van der Waals surface area contributed by atoms with Gasteiger partial charge in [-0.25, -0.2) is 9.59 Å². The fraction of sp³-hybridized carbons (Fsp3) is 0.952. The first kappa shape index (κ1) is 47.0. The van der Waals surface area contributed by atoms with Crippen molar-refractivity contribution in [2.24, 2.45) is 58.2 Å². The van der Waals surface area contributed by atoms with Gasteiger partial charge in [-0.1, -0.05) is 96.9 Å². The molecule has 0 spiro atoms. The Hall–Kier alpha value is -1.38. The molecule has 0 radical (unpaired) electrons. The normalized spacial score (nSPS) is 32.6. The van der Waals surface area contributed by atoms with Crippen molar-refractivity contribution in [1.82, 2.24) is 0 Å². The first-order chi connectivity index (χ1) is 25.4. The van der Waals surface area contributed by atoms with Gasteiger partial charge in [0.2, 0.25) is 0 Å². The Labute approximate surface area is 328 Å². The number of hydrogen-bond acceptors (Lipinski definition) is 10. The first-order valence-corrected chi connectivity index (χ1v) is 19.9. The zero-order valence-electron chi connectivity index (χ0n) is 37.7. The van der Waals surface area contributed by atoms with Crippen LogP contribution in [-0.2, 0) is 19.1 Å². The van der Waals surface area contributed by atoms with Crippen LogP contribution in [0.25, 0.3) is 0 Å². The molecule has 2 saturated heterocycles. The summed E-state index contributed by atoms with van der Waals surface area (Å²) in [6.45, 7) is 27.5. The molecule has 0 amide bonds. The van der Waals surface area contributed by atoms with Gasteiger partial charge in [-0.05, 0) is 73.0 Å². The van der Waals surface area contributed by atoms with E-state index in [1.165, 1.54) is 0 Å². The van der Waals surface area contributed by atoms with Crippen molar-refractivity contribution >= 4 is 11.9 Å². The SMILES string of the molecule is [2H]CC(O)C(O)C1OC(CC(C)(C)C(C(C)C)C(C)C)(C(=O)O)CC(O)C1C.[2H]CC(O)C(O)C1OC(CC(C)(C)C(C(C)C)C(C)C)(C(=O)O)CC(O)C1C. The molecule has 0 aromatic heterocycles. The average Bonchev–Trinajstić information content (AvgIpc) is 3.04. The van der Waals surface area contributed by atoms with Crippen LogP contribution >= 0.6 is 0 Å². The molecule has 0 aromatic rings. The highest BCUT2D eigenvalue weighted by Crippen LogP contribution is 2.50. The summed E-state index contributed by atoms with van der Waals surface area (Å²) in [4.78, 5) is 24.7. The van der Waals surface area contributed by atoms with E-state index < -0.39 is 108 Å². The van der Waals surface area contributed by atoms with Gasteiger partial charge in [0.15, 0.2) is 11.2 Å². The van der Waals surface area contributed by atoms with E-state index in [-0.39, 0.29) is 37.5 Å². The van der Waals surface area contributed by atoms with E-state index in [0.29, 0.717) is 23.7 Å². The smallest absolute Gasteiger partial charge is 0.336 e. The monoisotopic (exact) mass is 779 g/mol. The summed E-state index contributed by atoms with van der Waals surface area (Å²) in [5, 5.41) is 82.1. The van der Waals surface area contributed by atoms with E-state index in [1.807, 2.05) is 27.7 Å². The molecule has 8 N–H and O–H groups in total. The van der Waals surface area contributed by atoms with Gasteiger partial charge < -0.3 is 50.3 Å². The van der Waals surface area contributed by atoms with Crippen molar-refractivity contribution in [2.45, 2.75) is 196 Å². The second-order valence-corrected chi connectivity index (χ2v) is 19.5. The van der Waals surface area contributed by atoms with Crippen molar-refractivity contribution in [3.8, 4) is 0 Å². The highest BCUT2D eigenvalue weighted by molar-refractivity contribution is 5.78. The van der Waals surface area contributed by atoms with E-state index in [0.717, 1.165) is 0 Å². The molecular weight excluding hydrogens is 696 g/mol. The molecule has 12 atom stereocenters. The molecule has 2 heterocycles. The van der Waals surface area contributed by atoms with Crippen LogP contribution in [0.15, 0.2) is 0 Å². The van der Waals surface area contributed by atoms with Crippen molar-refractivity contribution in [2.75, 3.05) is 0 Å². The van der Waals surface area contributed by atoms with Crippen LogP contribution in [0.1, 0.15) is 139 Å². The third-order valence-electron chi connectivity index (χ3n) is 12.5. The van der Waals surface area contributed by atoms with Gasteiger partial charge in [-0.2, -0.15) is 0 Å². The molecule has 2 aliphatic rings. The molecule has 12 unspecified atom stereocenters. The van der Waals surface area contributed by atoms with Gasteiger partial charge in [0, 0.05) is 27.4 Å². The Morgan fingerprint density at radius 3 is 1.09 bits per heavy atom. The lowest BCUT2D eigenvalue weighted by Gasteiger charge is -2.50. The third-order valence-corrected chi connectivity index (χ3v) is 12.5. The Bertz CT molecular complexity index is 1120. The van der Waals surface area contributed by atoms with Gasteiger partial charge in [0.05, 0.1) is 36.6 Å². The Balaban J connectivity index is 0.000000560. The Morgan fingerprint density at radius 1 is 0.630 bits per heavy atom. The quantitative estimate of drug-likeness (QED) is 0.0994. The lowest BCUT2D eigenvalue weighted by atomic mass is 9.62. The number of aliphatic hydroxyl groups is 6. The number of ether oxygens (including phenoxy) is 2. The molecule has 2 fully saturated rings. The summed E-state index contributed by atoms with van der Waals surface area (Å²) in [7, 11) is 0. The highest BCUT2D eigenvalue weighted by Gasteiger charge is 2.57. The van der Waals surface area contributed by atoms with Crippen LogP contribution < -0.4 is 0 Å². The van der Waals surface area contributed by atoms with E-state index in [4.69, 9.17) is 12.2 Å². The van der Waals surface area contributed by atoms with E-state index in [9.17, 15) is 50.4 Å². The zero-order chi connectivity index (χ0) is 44.0. The summed E-state index contributed by atoms with van der Waals surface area (Å²) in [5.74, 6) is -1.67. The molecule has 0 bridgehead atoms. The largest absolute Gasteiger partial charge is 0.479 e. The van der Waals surface area contributed by atoms with E-state index >= 15 is 0 Å². The third kappa shape index (κ3) is 11.8. The molecular formula is C42H80O12. The average molecular weight is 779 g/mol. The standard InChI is InChI=1S/2C21H40O6/c2*1-11(2)16(12(3)4)20(7,8)10-21(19(25)26)9-15(23)13(5)18(27-21)17(24)14(6)22/h2*11-18,22-24H,9-10H2,1-8H3,(H,25,26)/i2*6D. The molecule has 12 heteroatoms. The van der Waals surface area contributed by atoms with Crippen molar-refractivity contribution in [3.05, 3.63) is 0 Å². The molecule has 54 heavy (non-hydrogen) atoms. The first-order valence-electron chi connectivity index (χ1n) is 21.3. The number of rotatable bonds is 16. The van der Waals surface area contributed by atoms with Gasteiger partial charge in [-0.15, -0.1) is 0 Å². The number of aliphatic carboxylic acids is 2. The van der Waals surface area contributed by atoms with Crippen LogP contribution in [-0.4, -0.2) is 113 Å². The maximum absolute atomic E-state index is 12.4. The summed E-state index contributed by atoms with van der Waals surface area (Å²) >= 11 is 0. The predicted molar refractivity (Wildman–Crippen MR) is 209 cm³/mol. The van der Waals surface area contributed by atoms with Gasteiger partial charge in [-0.3, -0.25) is 0 Å². The second kappa shape index (κ2) is 19.4. The molecule has 2 rings (SSSR count). The minimum atomic E-state index is -1.66. The summed E-state index contributed by atoms with van der Waals surface area (Å²) < 4.78 is 26.6. The van der Waals surface area contributed by atoms with Crippen molar-refractivity contribution in [1.29, 1.82) is 0 Å². The summed E-state index contributed by atoms with van der Waals surface area (Å²) in [6, 6.07) is 0. The lowest BCUT2D eigenvalue weighted by molar-refractivity contribution is -0.244. The number of carbonyl (C=O) groups is 2. The Morgan fingerprint density at radius 2 is 0.889 bits per heavy atom. The van der Waals surface area contributed by atoms with Gasteiger partial charge >= 0.3 is 11.9 Å². The number of carboxylic acid groups (broad SMARTS) is 2. The van der Waals surface area contributed by atoms with Gasteiger partial charge in [0.1, 0.15) is 12.2 Å². The maximum atomic E-state index is 12.4.